The molecule has 0 saturated carbocycles. The van der Waals surface area contributed by atoms with E-state index in [2.05, 4.69) is 5.32 Å². The van der Waals surface area contributed by atoms with E-state index in [1.54, 1.807) is 36.9 Å². The predicted molar refractivity (Wildman–Crippen MR) is 117 cm³/mol. The van der Waals surface area contributed by atoms with Crippen molar-refractivity contribution >= 4 is 28.5 Å². The van der Waals surface area contributed by atoms with E-state index in [0.717, 1.165) is 0 Å². The number of esters is 1. The molecule has 0 aliphatic carbocycles. The van der Waals surface area contributed by atoms with Crippen molar-refractivity contribution in [2.75, 3.05) is 11.9 Å². The largest absolute Gasteiger partial charge is 0.508 e. The topological polar surface area (TPSA) is 116 Å². The molecule has 2 aromatic heterocycles. The number of para-hydroxylation sites is 1. The number of phenolic OH excluding ortho intramolecular Hbond substituents is 1. The summed E-state index contributed by atoms with van der Waals surface area (Å²) in [6, 6.07) is 13.6. The Morgan fingerprint density at radius 2 is 1.91 bits per heavy atom. The average molecular weight is 435 g/mol. The van der Waals surface area contributed by atoms with Crippen molar-refractivity contribution in [3.05, 3.63) is 76.4 Å². The molecule has 2 aromatic carbocycles. The quantitative estimate of drug-likeness (QED) is 0.450. The van der Waals surface area contributed by atoms with Crippen molar-refractivity contribution < 1.29 is 23.8 Å². The van der Waals surface area contributed by atoms with Crippen molar-refractivity contribution in [1.82, 2.24) is 9.36 Å². The Labute approximate surface area is 182 Å². The highest BCUT2D eigenvalue weighted by Gasteiger charge is 2.19. The van der Waals surface area contributed by atoms with Gasteiger partial charge in [0.15, 0.2) is 6.61 Å². The molecule has 0 saturated heterocycles. The Morgan fingerprint density at radius 3 is 2.66 bits per heavy atom. The molecule has 1 amide bonds. The third-order valence-corrected chi connectivity index (χ3v) is 5.16. The molecule has 2 heterocycles. The standard InChI is InChI=1S/C23H21N3O6/c1-14-22(23(30)26(25(14)2)16-6-4-3-5-7-16)24-20(28)13-32-21(29)10-15-12-31-19-11-17(27)8-9-18(15)19/h3-9,11-12,27H,10,13H2,1-2H3,(H,24,28). The molecule has 0 aliphatic heterocycles. The van der Waals surface area contributed by atoms with Gasteiger partial charge in [0.25, 0.3) is 11.5 Å². The van der Waals surface area contributed by atoms with Crippen molar-refractivity contribution in [1.29, 1.82) is 0 Å². The van der Waals surface area contributed by atoms with Gasteiger partial charge in [-0.25, -0.2) is 4.68 Å². The molecule has 164 valence electrons. The molecular formula is C23H21N3O6. The lowest BCUT2D eigenvalue weighted by molar-refractivity contribution is -0.146. The van der Waals surface area contributed by atoms with Gasteiger partial charge in [0, 0.05) is 24.1 Å². The van der Waals surface area contributed by atoms with E-state index in [0.29, 0.717) is 27.9 Å². The first-order valence-corrected chi connectivity index (χ1v) is 9.83. The minimum Gasteiger partial charge on any atom is -0.508 e. The number of rotatable bonds is 6. The van der Waals surface area contributed by atoms with Gasteiger partial charge in [-0.2, -0.15) is 0 Å². The third-order valence-electron chi connectivity index (χ3n) is 5.16. The van der Waals surface area contributed by atoms with Crippen LogP contribution in [0.5, 0.6) is 5.75 Å². The zero-order valence-corrected chi connectivity index (χ0v) is 17.5. The number of fused-ring (bicyclic) bond motifs is 1. The molecule has 9 nitrogen and oxygen atoms in total. The number of carbonyl (C=O) groups excluding carboxylic acids is 2. The summed E-state index contributed by atoms with van der Waals surface area (Å²) < 4.78 is 13.5. The van der Waals surface area contributed by atoms with E-state index in [-0.39, 0.29) is 23.4 Å². The summed E-state index contributed by atoms with van der Waals surface area (Å²) in [5.41, 5.74) is 1.99. The Hall–Kier alpha value is -4.27. The smallest absolute Gasteiger partial charge is 0.310 e. The van der Waals surface area contributed by atoms with Gasteiger partial charge in [0.2, 0.25) is 0 Å². The number of amides is 1. The van der Waals surface area contributed by atoms with Gasteiger partial charge < -0.3 is 19.6 Å². The van der Waals surface area contributed by atoms with Gasteiger partial charge in [-0.05, 0) is 31.2 Å². The van der Waals surface area contributed by atoms with Crippen LogP contribution in [-0.4, -0.2) is 33.0 Å². The fourth-order valence-corrected chi connectivity index (χ4v) is 3.45. The Balaban J connectivity index is 1.41. The zero-order chi connectivity index (χ0) is 22.8. The van der Waals surface area contributed by atoms with E-state index in [4.69, 9.17) is 9.15 Å². The molecule has 2 N–H and O–H groups in total. The van der Waals surface area contributed by atoms with Crippen LogP contribution in [0.15, 0.2) is 64.0 Å². The highest BCUT2D eigenvalue weighted by Crippen LogP contribution is 2.25. The number of nitrogens with zero attached hydrogens (tertiary/aromatic N) is 2. The molecule has 0 fully saturated rings. The summed E-state index contributed by atoms with van der Waals surface area (Å²) in [5, 5.41) is 12.7. The first-order chi connectivity index (χ1) is 15.3. The Kier molecular flexibility index (Phi) is 5.55. The minimum absolute atomic E-state index is 0.0557. The molecule has 0 bridgehead atoms. The second-order valence-electron chi connectivity index (χ2n) is 7.26. The maximum atomic E-state index is 12.8. The first kappa shape index (κ1) is 21.0. The van der Waals surface area contributed by atoms with Gasteiger partial charge >= 0.3 is 5.97 Å². The number of hydrogen-bond donors (Lipinski definition) is 2. The molecule has 0 atom stereocenters. The van der Waals surface area contributed by atoms with Crippen molar-refractivity contribution in [3.63, 3.8) is 0 Å². The van der Waals surface area contributed by atoms with Crippen LogP contribution in [0, 0.1) is 6.92 Å². The average Bonchev–Trinajstić information content (AvgIpc) is 3.26. The van der Waals surface area contributed by atoms with Crippen LogP contribution in [0.1, 0.15) is 11.3 Å². The van der Waals surface area contributed by atoms with Gasteiger partial charge in [-0.3, -0.25) is 19.1 Å². The number of nitrogens with one attached hydrogen (secondary N) is 1. The van der Waals surface area contributed by atoms with Crippen LogP contribution < -0.4 is 10.9 Å². The molecule has 0 spiro atoms. The van der Waals surface area contributed by atoms with E-state index >= 15 is 0 Å². The molecule has 0 unspecified atom stereocenters. The number of aromatic hydroxyl groups is 1. The van der Waals surface area contributed by atoms with Crippen LogP contribution >= 0.6 is 0 Å². The van der Waals surface area contributed by atoms with Gasteiger partial charge in [0.05, 0.1) is 24.1 Å². The van der Waals surface area contributed by atoms with Crippen molar-refractivity contribution in [2.45, 2.75) is 13.3 Å². The summed E-state index contributed by atoms with van der Waals surface area (Å²) in [4.78, 5) is 37.4. The van der Waals surface area contributed by atoms with E-state index < -0.39 is 18.5 Å². The lowest BCUT2D eigenvalue weighted by Crippen LogP contribution is -2.26. The summed E-state index contributed by atoms with van der Waals surface area (Å²) >= 11 is 0. The zero-order valence-electron chi connectivity index (χ0n) is 17.5. The fourth-order valence-electron chi connectivity index (χ4n) is 3.45. The van der Waals surface area contributed by atoms with Crippen LogP contribution in [0.25, 0.3) is 16.7 Å². The highest BCUT2D eigenvalue weighted by molar-refractivity contribution is 5.93. The van der Waals surface area contributed by atoms with Crippen LogP contribution in [0.3, 0.4) is 0 Å². The lowest BCUT2D eigenvalue weighted by atomic mass is 10.1. The third kappa shape index (κ3) is 4.00. The number of hydrogen-bond acceptors (Lipinski definition) is 6. The summed E-state index contributed by atoms with van der Waals surface area (Å²) in [6.45, 7) is 1.18. The number of benzene rings is 2. The maximum Gasteiger partial charge on any atom is 0.310 e. The molecule has 4 aromatic rings. The lowest BCUT2D eigenvalue weighted by Gasteiger charge is -2.07. The van der Waals surface area contributed by atoms with Crippen molar-refractivity contribution in [2.24, 2.45) is 7.05 Å². The molecule has 32 heavy (non-hydrogen) atoms. The van der Waals surface area contributed by atoms with Crippen molar-refractivity contribution in [3.8, 4) is 11.4 Å². The molecule has 0 aliphatic rings. The first-order valence-electron chi connectivity index (χ1n) is 9.83. The molecule has 0 radical (unpaired) electrons. The summed E-state index contributed by atoms with van der Waals surface area (Å²) in [7, 11) is 1.72. The van der Waals surface area contributed by atoms with Gasteiger partial charge in [0.1, 0.15) is 17.0 Å². The summed E-state index contributed by atoms with van der Waals surface area (Å²) in [6.07, 6.45) is 1.31. The number of ether oxygens (including phenoxy) is 1. The second kappa shape index (κ2) is 8.46. The van der Waals surface area contributed by atoms with Crippen LogP contribution in [0.2, 0.25) is 0 Å². The fraction of sp³-hybridized carbons (Fsp3) is 0.174. The van der Waals surface area contributed by atoms with Gasteiger partial charge in [-0.15, -0.1) is 0 Å². The maximum absolute atomic E-state index is 12.8. The Morgan fingerprint density at radius 1 is 1.16 bits per heavy atom. The normalized spacial score (nSPS) is 10.9. The SMILES string of the molecule is Cc1c(NC(=O)COC(=O)Cc2coc3cc(O)ccc23)c(=O)n(-c2ccccc2)n1C. The van der Waals surface area contributed by atoms with Crippen LogP contribution in [0.4, 0.5) is 5.69 Å². The van der Waals surface area contributed by atoms with Crippen LogP contribution in [-0.2, 0) is 27.8 Å². The molecule has 4 rings (SSSR count). The number of aromatic nitrogens is 2. The van der Waals surface area contributed by atoms with E-state index in [9.17, 15) is 19.5 Å². The Bertz CT molecular complexity index is 1360. The molecular weight excluding hydrogens is 414 g/mol. The highest BCUT2D eigenvalue weighted by atomic mass is 16.5. The number of anilines is 1. The van der Waals surface area contributed by atoms with Gasteiger partial charge in [-0.1, -0.05) is 18.2 Å². The minimum atomic E-state index is -0.623. The summed E-state index contributed by atoms with van der Waals surface area (Å²) in [5.74, 6) is -1.19. The number of phenols is 1. The monoisotopic (exact) mass is 435 g/mol. The predicted octanol–water partition coefficient (Wildman–Crippen LogP) is 2.66. The van der Waals surface area contributed by atoms with E-state index in [1.807, 2.05) is 18.2 Å². The number of carbonyl (C=O) groups is 2. The molecule has 9 heteroatoms. The second-order valence-corrected chi connectivity index (χ2v) is 7.26. The number of furan rings is 1. The van der Waals surface area contributed by atoms with E-state index in [1.165, 1.54) is 23.1 Å².